The molecule has 0 saturated carbocycles. The first-order valence-corrected chi connectivity index (χ1v) is 14.0. The lowest BCUT2D eigenvalue weighted by molar-refractivity contribution is -0.123. The number of hydrogen-bond donors (Lipinski definition) is 0. The largest absolute Gasteiger partial charge is 0.490 e. The Labute approximate surface area is 245 Å². The van der Waals surface area contributed by atoms with E-state index in [4.69, 9.17) is 44.3 Å². The van der Waals surface area contributed by atoms with Gasteiger partial charge >= 0.3 is 0 Å². The molecule has 0 spiro atoms. The van der Waals surface area contributed by atoms with Crippen LogP contribution in [-0.4, -0.2) is 22.7 Å². The first-order chi connectivity index (χ1) is 18.8. The molecule has 2 amide bonds. The Balaban J connectivity index is 1.38. The second kappa shape index (κ2) is 11.9. The van der Waals surface area contributed by atoms with Gasteiger partial charge in [-0.1, -0.05) is 83.3 Å². The van der Waals surface area contributed by atoms with Crippen molar-refractivity contribution in [3.63, 3.8) is 0 Å². The van der Waals surface area contributed by atoms with Crippen LogP contribution in [0.15, 0.2) is 77.7 Å². The summed E-state index contributed by atoms with van der Waals surface area (Å²) in [6.07, 6.45) is 1.64. The number of halogens is 3. The third-order valence-electron chi connectivity index (χ3n) is 6.10. The number of fused-ring (bicyclic) bond motifs is 1. The van der Waals surface area contributed by atoms with Crippen molar-refractivity contribution in [1.82, 2.24) is 4.90 Å². The lowest BCUT2D eigenvalue weighted by Gasteiger charge is -2.15. The average molecular weight is 599 g/mol. The molecule has 0 aliphatic carbocycles. The molecule has 0 aromatic heterocycles. The van der Waals surface area contributed by atoms with Crippen LogP contribution in [0.4, 0.5) is 4.79 Å². The van der Waals surface area contributed by atoms with Crippen LogP contribution in [-0.2, 0) is 17.9 Å². The predicted molar refractivity (Wildman–Crippen MR) is 159 cm³/mol. The van der Waals surface area contributed by atoms with Crippen LogP contribution < -0.4 is 9.47 Å². The molecule has 0 N–H and O–H groups in total. The Morgan fingerprint density at radius 3 is 2.46 bits per heavy atom. The molecule has 1 aliphatic heterocycles. The van der Waals surface area contributed by atoms with Crippen molar-refractivity contribution in [3.05, 3.63) is 109 Å². The molecule has 9 heteroatoms. The number of rotatable bonds is 8. The fourth-order valence-corrected chi connectivity index (χ4v) is 5.83. The lowest BCUT2D eigenvalue weighted by Crippen LogP contribution is -2.27. The van der Waals surface area contributed by atoms with Crippen LogP contribution in [0.25, 0.3) is 16.8 Å². The standard InChI is InChI=1S/C30H22Cl3NO4S/c1-2-37-26-13-18(12-25(33)28(26)38-17-21-10-11-22(31)15-24(21)32)14-27-29(35)34(30(36)39-27)16-20-8-5-7-19-6-3-4-9-23(19)20/h3-15H,2,16-17H2,1H3/b27-14+. The molecular formula is C30H22Cl3NO4S. The summed E-state index contributed by atoms with van der Waals surface area (Å²) in [7, 11) is 0. The Hall–Kier alpha value is -3.16. The first-order valence-electron chi connectivity index (χ1n) is 12.1. The molecule has 1 aliphatic rings. The van der Waals surface area contributed by atoms with Crippen molar-refractivity contribution in [2.45, 2.75) is 20.1 Å². The average Bonchev–Trinajstić information content (AvgIpc) is 3.17. The maximum absolute atomic E-state index is 13.2. The summed E-state index contributed by atoms with van der Waals surface area (Å²) in [4.78, 5) is 27.6. The van der Waals surface area contributed by atoms with Gasteiger partial charge in [0.25, 0.3) is 11.1 Å². The summed E-state index contributed by atoms with van der Waals surface area (Å²) in [6.45, 7) is 2.56. The van der Waals surface area contributed by atoms with E-state index in [0.29, 0.717) is 43.6 Å². The summed E-state index contributed by atoms with van der Waals surface area (Å²) < 4.78 is 11.8. The van der Waals surface area contributed by atoms with E-state index >= 15 is 0 Å². The van der Waals surface area contributed by atoms with Gasteiger partial charge in [0.15, 0.2) is 11.5 Å². The Morgan fingerprint density at radius 2 is 1.67 bits per heavy atom. The number of imide groups is 1. The van der Waals surface area contributed by atoms with E-state index < -0.39 is 0 Å². The smallest absolute Gasteiger partial charge is 0.293 e. The van der Waals surface area contributed by atoms with Gasteiger partial charge < -0.3 is 9.47 Å². The SMILES string of the molecule is CCOc1cc(/C=C2/SC(=O)N(Cc3cccc4ccccc34)C2=O)cc(Cl)c1OCc1ccc(Cl)cc1Cl. The Bertz CT molecular complexity index is 1620. The topological polar surface area (TPSA) is 55.8 Å². The minimum Gasteiger partial charge on any atom is -0.490 e. The molecule has 4 aromatic rings. The van der Waals surface area contributed by atoms with Gasteiger partial charge in [-0.2, -0.15) is 0 Å². The minimum atomic E-state index is -0.357. The van der Waals surface area contributed by atoms with E-state index in [1.165, 1.54) is 4.90 Å². The molecule has 0 unspecified atom stereocenters. The van der Waals surface area contributed by atoms with Gasteiger partial charge in [0, 0.05) is 15.6 Å². The number of carbonyl (C=O) groups is 2. The van der Waals surface area contributed by atoms with Crippen molar-refractivity contribution in [3.8, 4) is 11.5 Å². The predicted octanol–water partition coefficient (Wildman–Crippen LogP) is 9.01. The summed E-state index contributed by atoms with van der Waals surface area (Å²) in [6, 6.07) is 22.3. The van der Waals surface area contributed by atoms with E-state index in [1.807, 2.05) is 49.4 Å². The third kappa shape index (κ3) is 6.04. The van der Waals surface area contributed by atoms with Crippen molar-refractivity contribution >= 4 is 74.6 Å². The number of carbonyl (C=O) groups excluding carboxylic acids is 2. The number of ether oxygens (including phenoxy) is 2. The highest BCUT2D eigenvalue weighted by Gasteiger charge is 2.35. The number of thioether (sulfide) groups is 1. The first kappa shape index (κ1) is 27.4. The zero-order chi connectivity index (χ0) is 27.5. The molecular weight excluding hydrogens is 577 g/mol. The van der Waals surface area contributed by atoms with E-state index in [9.17, 15) is 9.59 Å². The van der Waals surface area contributed by atoms with E-state index in [1.54, 1.807) is 36.4 Å². The van der Waals surface area contributed by atoms with Gasteiger partial charge in [0.2, 0.25) is 0 Å². The van der Waals surface area contributed by atoms with Crippen LogP contribution in [0, 0.1) is 0 Å². The highest BCUT2D eigenvalue weighted by molar-refractivity contribution is 8.18. The molecule has 1 heterocycles. The van der Waals surface area contributed by atoms with Crippen molar-refractivity contribution in [2.24, 2.45) is 0 Å². The van der Waals surface area contributed by atoms with Crippen LogP contribution >= 0.6 is 46.6 Å². The molecule has 5 nitrogen and oxygen atoms in total. The molecule has 1 fully saturated rings. The highest BCUT2D eigenvalue weighted by Crippen LogP contribution is 2.40. The van der Waals surface area contributed by atoms with Crippen LogP contribution in [0.2, 0.25) is 15.1 Å². The van der Waals surface area contributed by atoms with E-state index in [-0.39, 0.29) is 24.3 Å². The van der Waals surface area contributed by atoms with Gasteiger partial charge in [0.05, 0.1) is 23.1 Å². The van der Waals surface area contributed by atoms with Crippen LogP contribution in [0.3, 0.4) is 0 Å². The van der Waals surface area contributed by atoms with Crippen molar-refractivity contribution in [2.75, 3.05) is 6.61 Å². The molecule has 1 saturated heterocycles. The molecule has 0 atom stereocenters. The van der Waals surface area contributed by atoms with E-state index in [2.05, 4.69) is 0 Å². The van der Waals surface area contributed by atoms with Crippen molar-refractivity contribution in [1.29, 1.82) is 0 Å². The summed E-state index contributed by atoms with van der Waals surface area (Å²) in [5.41, 5.74) is 2.25. The second-order valence-corrected chi connectivity index (χ2v) is 10.9. The fourth-order valence-electron chi connectivity index (χ4n) is 4.25. The number of benzene rings is 4. The second-order valence-electron chi connectivity index (χ2n) is 8.69. The Kier molecular flexibility index (Phi) is 8.38. The van der Waals surface area contributed by atoms with Crippen molar-refractivity contribution < 1.29 is 19.1 Å². The van der Waals surface area contributed by atoms with Gasteiger partial charge in [-0.15, -0.1) is 0 Å². The Morgan fingerprint density at radius 1 is 0.872 bits per heavy atom. The number of hydrogen-bond acceptors (Lipinski definition) is 5. The number of amides is 2. The quantitative estimate of drug-likeness (QED) is 0.189. The zero-order valence-corrected chi connectivity index (χ0v) is 23.8. The molecule has 5 rings (SSSR count). The zero-order valence-electron chi connectivity index (χ0n) is 20.7. The van der Waals surface area contributed by atoms with Gasteiger partial charge in [-0.05, 0) is 70.9 Å². The normalized spacial score (nSPS) is 14.5. The maximum Gasteiger partial charge on any atom is 0.293 e. The summed E-state index contributed by atoms with van der Waals surface area (Å²) >= 11 is 19.7. The molecule has 4 aromatic carbocycles. The number of nitrogens with zero attached hydrogens (tertiary/aromatic N) is 1. The fraction of sp³-hybridized carbons (Fsp3) is 0.133. The molecule has 0 radical (unpaired) electrons. The van der Waals surface area contributed by atoms with Gasteiger partial charge in [-0.3, -0.25) is 14.5 Å². The summed E-state index contributed by atoms with van der Waals surface area (Å²) in [5, 5.41) is 3.04. The molecule has 0 bridgehead atoms. The van der Waals surface area contributed by atoms with Crippen LogP contribution in [0.5, 0.6) is 11.5 Å². The maximum atomic E-state index is 13.2. The summed E-state index contributed by atoms with van der Waals surface area (Å²) in [5.74, 6) is 0.409. The lowest BCUT2D eigenvalue weighted by atomic mass is 10.0. The van der Waals surface area contributed by atoms with Crippen LogP contribution in [0.1, 0.15) is 23.6 Å². The molecule has 198 valence electrons. The molecule has 39 heavy (non-hydrogen) atoms. The van der Waals surface area contributed by atoms with Gasteiger partial charge in [-0.25, -0.2) is 0 Å². The monoisotopic (exact) mass is 597 g/mol. The van der Waals surface area contributed by atoms with E-state index in [0.717, 1.165) is 33.7 Å². The third-order valence-corrected chi connectivity index (χ3v) is 7.87. The van der Waals surface area contributed by atoms with Gasteiger partial charge in [0.1, 0.15) is 6.61 Å². The highest BCUT2D eigenvalue weighted by atomic mass is 35.5. The minimum absolute atomic E-state index is 0.155.